The van der Waals surface area contributed by atoms with Crippen LogP contribution in [0.4, 0.5) is 0 Å². The van der Waals surface area contributed by atoms with E-state index in [1.54, 1.807) is 16.3 Å². The molecule has 2 aliphatic rings. The monoisotopic (exact) mass is 393 g/mol. The van der Waals surface area contributed by atoms with Gasteiger partial charge in [0.05, 0.1) is 0 Å². The molecule has 0 unspecified atom stereocenters. The molecule has 1 aromatic rings. The Hall–Kier alpha value is -1.44. The lowest BCUT2D eigenvalue weighted by Crippen LogP contribution is -2.55. The van der Waals surface area contributed by atoms with Gasteiger partial charge in [-0.25, -0.2) is 0 Å². The molecule has 0 aromatic heterocycles. The first kappa shape index (κ1) is 20.3. The Morgan fingerprint density at radius 1 is 1.04 bits per heavy atom. The summed E-state index contributed by atoms with van der Waals surface area (Å²) in [5.41, 5.74) is 2.80. The lowest BCUT2D eigenvalue weighted by Gasteiger charge is -2.38. The minimum absolute atomic E-state index is 0.00909. The van der Waals surface area contributed by atoms with Crippen molar-refractivity contribution in [3.63, 3.8) is 0 Å². The number of rotatable bonds is 4. The molecule has 0 N–H and O–H groups in total. The molecule has 0 radical (unpaired) electrons. The maximum Gasteiger partial charge on any atom is 0.282 e. The Kier molecular flexibility index (Phi) is 6.23. The molecule has 27 heavy (non-hydrogen) atoms. The van der Waals surface area contributed by atoms with Crippen molar-refractivity contribution >= 4 is 16.1 Å². The summed E-state index contributed by atoms with van der Waals surface area (Å²) in [6.07, 6.45) is 5.29. The lowest BCUT2D eigenvalue weighted by atomic mass is 9.96. The molecule has 1 amide bonds. The van der Waals surface area contributed by atoms with Crippen molar-refractivity contribution in [1.82, 2.24) is 13.5 Å². The van der Waals surface area contributed by atoms with Crippen LogP contribution < -0.4 is 0 Å². The summed E-state index contributed by atoms with van der Waals surface area (Å²) in [5.74, 6) is -0.00909. The summed E-state index contributed by atoms with van der Waals surface area (Å²) >= 11 is 0. The Labute approximate surface area is 163 Å². The Bertz CT molecular complexity index is 780. The Morgan fingerprint density at radius 2 is 1.67 bits per heavy atom. The molecule has 0 atom stereocenters. The molecular formula is C20H31N3O3S. The molecule has 1 aromatic carbocycles. The van der Waals surface area contributed by atoms with Gasteiger partial charge in [0, 0.05) is 44.8 Å². The largest absolute Gasteiger partial charge is 0.336 e. The first-order chi connectivity index (χ1) is 12.8. The van der Waals surface area contributed by atoms with Crippen LogP contribution in [0.2, 0.25) is 0 Å². The van der Waals surface area contributed by atoms with Crippen LogP contribution in [0, 0.1) is 13.8 Å². The van der Waals surface area contributed by atoms with E-state index < -0.39 is 10.2 Å². The van der Waals surface area contributed by atoms with E-state index >= 15 is 0 Å². The third kappa shape index (κ3) is 4.36. The van der Waals surface area contributed by atoms with Crippen molar-refractivity contribution in [2.75, 3.05) is 33.2 Å². The molecule has 1 heterocycles. The number of hydrogen-bond acceptors (Lipinski definition) is 3. The van der Waals surface area contributed by atoms with E-state index in [4.69, 9.17) is 0 Å². The summed E-state index contributed by atoms with van der Waals surface area (Å²) in [6.45, 7) is 5.54. The zero-order valence-corrected chi connectivity index (χ0v) is 17.5. The van der Waals surface area contributed by atoms with Crippen molar-refractivity contribution in [3.8, 4) is 0 Å². The highest BCUT2D eigenvalue weighted by Crippen LogP contribution is 2.25. The molecular weight excluding hydrogens is 362 g/mol. The second-order valence-corrected chi connectivity index (χ2v) is 9.81. The fourth-order valence-corrected chi connectivity index (χ4v) is 5.74. The molecule has 3 rings (SSSR count). The van der Waals surface area contributed by atoms with Crippen molar-refractivity contribution in [2.45, 2.75) is 52.0 Å². The number of amides is 1. The molecule has 1 saturated heterocycles. The molecule has 2 fully saturated rings. The Morgan fingerprint density at radius 3 is 2.26 bits per heavy atom. The smallest absolute Gasteiger partial charge is 0.282 e. The summed E-state index contributed by atoms with van der Waals surface area (Å²) in [7, 11) is -1.75. The Balaban J connectivity index is 1.63. The maximum atomic E-state index is 13.0. The second kappa shape index (κ2) is 8.29. The predicted octanol–water partition coefficient (Wildman–Crippen LogP) is 2.57. The van der Waals surface area contributed by atoms with E-state index in [1.807, 2.05) is 32.0 Å². The summed E-state index contributed by atoms with van der Waals surface area (Å²) < 4.78 is 29.0. The first-order valence-electron chi connectivity index (χ1n) is 9.90. The number of carbonyl (C=O) groups excluding carboxylic acids is 1. The van der Waals surface area contributed by atoms with Gasteiger partial charge >= 0.3 is 0 Å². The standard InChI is InChI=1S/C20H31N3O3S/c1-16-9-10-19(17(2)15-16)20(24)22-11-13-23(14-12-22)27(25,26)21(3)18-7-5-4-6-8-18/h9-10,15,18H,4-8,11-14H2,1-3H3. The van der Waals surface area contributed by atoms with Crippen molar-refractivity contribution in [1.29, 1.82) is 0 Å². The van der Waals surface area contributed by atoms with E-state index in [-0.39, 0.29) is 11.9 Å². The van der Waals surface area contributed by atoms with Gasteiger partial charge in [-0.05, 0) is 38.3 Å². The summed E-state index contributed by atoms with van der Waals surface area (Å²) in [5, 5.41) is 0. The normalized spacial score (nSPS) is 20.2. The van der Waals surface area contributed by atoms with Gasteiger partial charge in [-0.15, -0.1) is 0 Å². The van der Waals surface area contributed by atoms with Gasteiger partial charge in [0.1, 0.15) is 0 Å². The average Bonchev–Trinajstić information content (AvgIpc) is 2.67. The average molecular weight is 394 g/mol. The fraction of sp³-hybridized carbons (Fsp3) is 0.650. The van der Waals surface area contributed by atoms with Gasteiger partial charge in [-0.1, -0.05) is 37.0 Å². The van der Waals surface area contributed by atoms with Gasteiger partial charge in [-0.2, -0.15) is 17.0 Å². The van der Waals surface area contributed by atoms with Crippen molar-refractivity contribution < 1.29 is 13.2 Å². The number of nitrogens with zero attached hydrogens (tertiary/aromatic N) is 3. The van der Waals surface area contributed by atoms with Crippen molar-refractivity contribution in [3.05, 3.63) is 34.9 Å². The third-order valence-corrected chi connectivity index (χ3v) is 7.96. The maximum absolute atomic E-state index is 13.0. The van der Waals surface area contributed by atoms with Crippen LogP contribution in [0.3, 0.4) is 0 Å². The van der Waals surface area contributed by atoms with Crippen LogP contribution in [0.25, 0.3) is 0 Å². The van der Waals surface area contributed by atoms with Crippen molar-refractivity contribution in [2.24, 2.45) is 0 Å². The van der Waals surface area contributed by atoms with E-state index in [2.05, 4.69) is 0 Å². The molecule has 0 bridgehead atoms. The molecule has 6 nitrogen and oxygen atoms in total. The molecule has 1 aliphatic carbocycles. The highest BCUT2D eigenvalue weighted by Gasteiger charge is 2.35. The molecule has 1 saturated carbocycles. The molecule has 1 aliphatic heterocycles. The van der Waals surface area contributed by atoms with Gasteiger partial charge in [-0.3, -0.25) is 4.79 Å². The fourth-order valence-electron chi connectivity index (χ4n) is 4.16. The van der Waals surface area contributed by atoms with E-state index in [0.29, 0.717) is 31.7 Å². The summed E-state index contributed by atoms with van der Waals surface area (Å²) in [4.78, 5) is 14.6. The van der Waals surface area contributed by atoms with Crippen LogP contribution >= 0.6 is 0 Å². The van der Waals surface area contributed by atoms with E-state index in [9.17, 15) is 13.2 Å². The minimum Gasteiger partial charge on any atom is -0.336 e. The quantitative estimate of drug-likeness (QED) is 0.790. The predicted molar refractivity (Wildman–Crippen MR) is 107 cm³/mol. The number of carbonyl (C=O) groups is 1. The van der Waals surface area contributed by atoms with Crippen LogP contribution in [0.15, 0.2) is 18.2 Å². The van der Waals surface area contributed by atoms with Gasteiger partial charge in [0.15, 0.2) is 0 Å². The van der Waals surface area contributed by atoms with Crippen LogP contribution in [0.1, 0.15) is 53.6 Å². The molecule has 7 heteroatoms. The number of hydrogen-bond donors (Lipinski definition) is 0. The number of benzene rings is 1. The van der Waals surface area contributed by atoms with Crippen LogP contribution in [0.5, 0.6) is 0 Å². The molecule has 150 valence electrons. The molecule has 0 spiro atoms. The van der Waals surface area contributed by atoms with Crippen LogP contribution in [-0.4, -0.2) is 67.1 Å². The topological polar surface area (TPSA) is 60.9 Å². The zero-order valence-electron chi connectivity index (χ0n) is 16.6. The number of piperazine rings is 1. The highest BCUT2D eigenvalue weighted by atomic mass is 32.2. The van der Waals surface area contributed by atoms with E-state index in [0.717, 1.165) is 36.8 Å². The highest BCUT2D eigenvalue weighted by molar-refractivity contribution is 7.86. The van der Waals surface area contributed by atoms with Gasteiger partial charge < -0.3 is 4.90 Å². The summed E-state index contributed by atoms with van der Waals surface area (Å²) in [6, 6.07) is 5.93. The number of aryl methyl sites for hydroxylation is 2. The second-order valence-electron chi connectivity index (χ2n) is 7.83. The first-order valence-corrected chi connectivity index (χ1v) is 11.3. The zero-order chi connectivity index (χ0) is 19.6. The van der Waals surface area contributed by atoms with Gasteiger partial charge in [0.25, 0.3) is 16.1 Å². The van der Waals surface area contributed by atoms with Gasteiger partial charge in [0.2, 0.25) is 0 Å². The lowest BCUT2D eigenvalue weighted by molar-refractivity contribution is 0.0692. The van der Waals surface area contributed by atoms with E-state index in [1.165, 1.54) is 10.7 Å². The minimum atomic E-state index is -3.46. The third-order valence-electron chi connectivity index (χ3n) is 5.92. The SMILES string of the molecule is Cc1ccc(C(=O)N2CCN(S(=O)(=O)N(C)C3CCCCC3)CC2)c(C)c1. The van der Waals surface area contributed by atoms with Crippen LogP contribution in [-0.2, 0) is 10.2 Å².